The number of hydrogen-bond donors (Lipinski definition) is 1. The second kappa shape index (κ2) is 6.60. The molecular weight excluding hydrogens is 346 g/mol. The number of nitrogens with one attached hydrogen (secondary N) is 1. The summed E-state index contributed by atoms with van der Waals surface area (Å²) in [6.07, 6.45) is 6.07. The van der Waals surface area contributed by atoms with Gasteiger partial charge in [-0.3, -0.25) is 9.67 Å². The summed E-state index contributed by atoms with van der Waals surface area (Å²) < 4.78 is 1.90. The van der Waals surface area contributed by atoms with Crippen LogP contribution in [0, 0.1) is 0 Å². The summed E-state index contributed by atoms with van der Waals surface area (Å²) in [5.41, 5.74) is 2.81. The van der Waals surface area contributed by atoms with Crippen molar-refractivity contribution in [1.82, 2.24) is 29.6 Å². The van der Waals surface area contributed by atoms with Gasteiger partial charge in [0.2, 0.25) is 0 Å². The Balaban J connectivity index is 1.60. The van der Waals surface area contributed by atoms with Gasteiger partial charge in [-0.05, 0) is 57.1 Å². The molecule has 1 aliphatic rings. The van der Waals surface area contributed by atoms with Gasteiger partial charge in [0.1, 0.15) is 22.7 Å². The molecule has 0 unspecified atom stereocenters. The van der Waals surface area contributed by atoms with E-state index >= 15 is 0 Å². The molecule has 3 aromatic heterocycles. The quantitative estimate of drug-likeness (QED) is 0.710. The molecule has 3 aromatic rings. The summed E-state index contributed by atoms with van der Waals surface area (Å²) in [4.78, 5) is 15.7. The highest BCUT2D eigenvalue weighted by molar-refractivity contribution is 7.80. The average Bonchev–Trinajstić information content (AvgIpc) is 3.36. The van der Waals surface area contributed by atoms with Crippen molar-refractivity contribution >= 4 is 34.3 Å². The minimum Gasteiger partial charge on any atom is -0.349 e. The third-order valence-corrected chi connectivity index (χ3v) is 4.85. The van der Waals surface area contributed by atoms with Gasteiger partial charge in [-0.15, -0.1) is 0 Å². The van der Waals surface area contributed by atoms with E-state index in [-0.39, 0.29) is 0 Å². The standard InChI is InChI=1S/C18H21N7S/c1-11(2)25-9-8-13(23-25)15-10-19-14-6-7-16(21-17(14)20-15)22-18(26)24(3)12-4-5-12/h6-12H,4-5H2,1-3H3,(H,20,21,22,26). The van der Waals surface area contributed by atoms with E-state index in [0.717, 1.165) is 11.2 Å². The van der Waals surface area contributed by atoms with E-state index in [4.69, 9.17) is 12.2 Å². The van der Waals surface area contributed by atoms with Crippen LogP contribution in [0.25, 0.3) is 22.6 Å². The van der Waals surface area contributed by atoms with Crippen molar-refractivity contribution in [2.45, 2.75) is 38.8 Å². The molecule has 26 heavy (non-hydrogen) atoms. The zero-order valence-electron chi connectivity index (χ0n) is 15.0. The van der Waals surface area contributed by atoms with Crippen LogP contribution in [0.15, 0.2) is 30.6 Å². The highest BCUT2D eigenvalue weighted by Gasteiger charge is 2.27. The van der Waals surface area contributed by atoms with E-state index in [2.05, 4.69) is 44.1 Å². The van der Waals surface area contributed by atoms with Crippen molar-refractivity contribution in [3.05, 3.63) is 30.6 Å². The molecule has 1 saturated carbocycles. The van der Waals surface area contributed by atoms with Gasteiger partial charge in [-0.25, -0.2) is 9.97 Å². The maximum Gasteiger partial charge on any atom is 0.180 e. The summed E-state index contributed by atoms with van der Waals surface area (Å²) >= 11 is 5.45. The molecule has 134 valence electrons. The van der Waals surface area contributed by atoms with Gasteiger partial charge in [-0.1, -0.05) is 0 Å². The zero-order valence-corrected chi connectivity index (χ0v) is 15.9. The summed E-state index contributed by atoms with van der Waals surface area (Å²) in [6.45, 7) is 4.17. The summed E-state index contributed by atoms with van der Waals surface area (Å²) in [6, 6.07) is 6.57. The number of aromatic nitrogens is 5. The lowest BCUT2D eigenvalue weighted by atomic mass is 10.3. The van der Waals surface area contributed by atoms with E-state index in [1.54, 1.807) is 6.20 Å². The Kier molecular flexibility index (Phi) is 4.28. The molecule has 8 heteroatoms. The number of anilines is 1. The van der Waals surface area contributed by atoms with E-state index in [1.807, 2.05) is 36.1 Å². The molecule has 0 aliphatic heterocycles. The summed E-state index contributed by atoms with van der Waals surface area (Å²) in [7, 11) is 2.01. The van der Waals surface area contributed by atoms with E-state index < -0.39 is 0 Å². The number of hydrogen-bond acceptors (Lipinski definition) is 5. The number of pyridine rings is 1. The van der Waals surface area contributed by atoms with Crippen LogP contribution < -0.4 is 5.32 Å². The highest BCUT2D eigenvalue weighted by Crippen LogP contribution is 2.26. The molecule has 0 aromatic carbocycles. The van der Waals surface area contributed by atoms with E-state index in [0.29, 0.717) is 34.4 Å². The van der Waals surface area contributed by atoms with Crippen LogP contribution in [-0.2, 0) is 0 Å². The largest absolute Gasteiger partial charge is 0.349 e. The Morgan fingerprint density at radius 2 is 2.04 bits per heavy atom. The molecule has 4 rings (SSSR count). The molecular formula is C18H21N7S. The van der Waals surface area contributed by atoms with Gasteiger partial charge in [0.05, 0.1) is 6.20 Å². The van der Waals surface area contributed by atoms with Gasteiger partial charge in [0, 0.05) is 25.3 Å². The van der Waals surface area contributed by atoms with Gasteiger partial charge in [0.15, 0.2) is 10.8 Å². The predicted octanol–water partition coefficient (Wildman–Crippen LogP) is 3.26. The fourth-order valence-electron chi connectivity index (χ4n) is 2.68. The van der Waals surface area contributed by atoms with Gasteiger partial charge >= 0.3 is 0 Å². The van der Waals surface area contributed by atoms with Crippen molar-refractivity contribution in [3.8, 4) is 11.4 Å². The second-order valence-corrected chi connectivity index (χ2v) is 7.23. The van der Waals surface area contributed by atoms with Crippen LogP contribution in [0.5, 0.6) is 0 Å². The third kappa shape index (κ3) is 3.37. The molecule has 1 aliphatic carbocycles. The van der Waals surface area contributed by atoms with E-state index in [9.17, 15) is 0 Å². The Labute approximate surface area is 157 Å². The number of rotatable bonds is 4. The smallest absolute Gasteiger partial charge is 0.180 e. The zero-order chi connectivity index (χ0) is 18.3. The first-order valence-corrected chi connectivity index (χ1v) is 9.15. The molecule has 0 bridgehead atoms. The van der Waals surface area contributed by atoms with Crippen LogP contribution in [0.2, 0.25) is 0 Å². The Morgan fingerprint density at radius 1 is 1.23 bits per heavy atom. The first-order chi connectivity index (χ1) is 12.5. The monoisotopic (exact) mass is 367 g/mol. The normalized spacial score (nSPS) is 14.0. The fourth-order valence-corrected chi connectivity index (χ4v) is 2.93. The molecule has 0 atom stereocenters. The van der Waals surface area contributed by atoms with Crippen LogP contribution in [0.4, 0.5) is 5.82 Å². The van der Waals surface area contributed by atoms with Gasteiger partial charge in [-0.2, -0.15) is 5.10 Å². The van der Waals surface area contributed by atoms with E-state index in [1.165, 1.54) is 12.8 Å². The van der Waals surface area contributed by atoms with Crippen LogP contribution in [-0.4, -0.2) is 47.8 Å². The van der Waals surface area contributed by atoms with Crippen LogP contribution in [0.3, 0.4) is 0 Å². The molecule has 1 N–H and O–H groups in total. The third-order valence-electron chi connectivity index (χ3n) is 4.46. The van der Waals surface area contributed by atoms with Gasteiger partial charge in [0.25, 0.3) is 0 Å². The maximum absolute atomic E-state index is 5.45. The fraction of sp³-hybridized carbons (Fsp3) is 0.389. The van der Waals surface area contributed by atoms with Crippen molar-refractivity contribution in [2.24, 2.45) is 0 Å². The molecule has 0 spiro atoms. The van der Waals surface area contributed by atoms with Crippen LogP contribution >= 0.6 is 12.2 Å². The molecule has 0 amide bonds. The molecule has 3 heterocycles. The topological polar surface area (TPSA) is 71.8 Å². The first kappa shape index (κ1) is 16.8. The second-order valence-electron chi connectivity index (χ2n) is 6.84. The highest BCUT2D eigenvalue weighted by atomic mass is 32.1. The molecule has 0 saturated heterocycles. The van der Waals surface area contributed by atoms with Crippen molar-refractivity contribution in [3.63, 3.8) is 0 Å². The van der Waals surface area contributed by atoms with Crippen molar-refractivity contribution < 1.29 is 0 Å². The Bertz CT molecular complexity index is 961. The minimum absolute atomic E-state index is 0.301. The lowest BCUT2D eigenvalue weighted by Crippen LogP contribution is -2.33. The lowest BCUT2D eigenvalue weighted by molar-refractivity contribution is 0.503. The Hall–Kier alpha value is -2.61. The minimum atomic E-state index is 0.301. The SMILES string of the molecule is CC(C)n1ccc(-c2cnc3ccc(NC(=S)N(C)C4CC4)nc3n2)n1. The number of thiocarbonyl (C=S) groups is 1. The average molecular weight is 367 g/mol. The number of fused-ring (bicyclic) bond motifs is 1. The number of nitrogens with zero attached hydrogens (tertiary/aromatic N) is 6. The Morgan fingerprint density at radius 3 is 2.73 bits per heavy atom. The van der Waals surface area contributed by atoms with Crippen molar-refractivity contribution in [1.29, 1.82) is 0 Å². The molecule has 0 radical (unpaired) electrons. The van der Waals surface area contributed by atoms with Gasteiger partial charge < -0.3 is 10.2 Å². The summed E-state index contributed by atoms with van der Waals surface area (Å²) in [5.74, 6) is 0.675. The maximum atomic E-state index is 5.45. The molecule has 7 nitrogen and oxygen atoms in total. The predicted molar refractivity (Wildman–Crippen MR) is 106 cm³/mol. The van der Waals surface area contributed by atoms with Crippen LogP contribution in [0.1, 0.15) is 32.7 Å². The first-order valence-electron chi connectivity index (χ1n) is 8.74. The summed E-state index contributed by atoms with van der Waals surface area (Å²) in [5, 5.41) is 8.42. The van der Waals surface area contributed by atoms with Crippen molar-refractivity contribution in [2.75, 3.05) is 12.4 Å². The lowest BCUT2D eigenvalue weighted by Gasteiger charge is -2.19. The molecule has 1 fully saturated rings.